The monoisotopic (exact) mass is 1040 g/mol. The fourth-order valence-corrected chi connectivity index (χ4v) is 8.56. The van der Waals surface area contributed by atoms with Gasteiger partial charge in [-0.3, -0.25) is 43.2 Å². The molecule has 426 valence electrons. The van der Waals surface area contributed by atoms with E-state index in [0.29, 0.717) is 43.0 Å². The van der Waals surface area contributed by atoms with Gasteiger partial charge in [0, 0.05) is 50.9 Å². The predicted octanol–water partition coefficient (Wildman–Crippen LogP) is 7.16. The highest BCUT2D eigenvalue weighted by molar-refractivity contribution is 5.98. The number of hydrogen-bond donors (Lipinski definition) is 2. The van der Waals surface area contributed by atoms with Gasteiger partial charge in [-0.25, -0.2) is 0 Å². The van der Waals surface area contributed by atoms with E-state index in [-0.39, 0.29) is 80.1 Å². The summed E-state index contributed by atoms with van der Waals surface area (Å²) in [5.74, 6) is -2.83. The summed E-state index contributed by atoms with van der Waals surface area (Å²) in [4.78, 5) is 108. The standard InChI is InChI=1S/C13H20O5.C10H18O3.2C8H12O.C5H8O4.C5H8O.C4H8O.CH4.CH3.2BH4/c1-4-5-8-9(6-7-10(8)14)11(12(15)17-2)13(16)18-3;1-2-3-8-7(6-10(12)13)4-5-9(8)11;2*1-2-4-7-5-3-6-8(7)9;1-8-4(6)3-5(7)9-2;6-5-3-1-2-4-5;1-2-3-4-5;;;;/h8-9,11H,4-7H2,1-3H3;7-9,11H,2-6H2,1H3,(H,12,13);2*5H,2-4,6H2,1H3;3H2,1-2H3;1-4H2;4H,2-3H2,1H3;1H4;1H3;2*1H4/q;;;;;;;;3*-1. The lowest BCUT2D eigenvalue weighted by Gasteiger charge is -2.23. The molecule has 0 heterocycles. The molecule has 18 heteroatoms. The molecule has 5 unspecified atom stereocenters. The van der Waals surface area contributed by atoms with E-state index >= 15 is 0 Å². The van der Waals surface area contributed by atoms with E-state index in [9.17, 15) is 53.1 Å². The van der Waals surface area contributed by atoms with Gasteiger partial charge in [-0.15, -0.1) is 0 Å². The second-order valence-corrected chi connectivity index (χ2v) is 17.5. The lowest BCUT2D eigenvalue weighted by Crippen LogP contribution is -2.36. The van der Waals surface area contributed by atoms with Crippen molar-refractivity contribution in [1.29, 1.82) is 0 Å². The van der Waals surface area contributed by atoms with E-state index in [0.717, 1.165) is 133 Å². The van der Waals surface area contributed by atoms with E-state index in [4.69, 9.17) is 5.11 Å². The maximum Gasteiger partial charge on any atom is 0.320 e. The number of carboxylic acid groups (broad SMARTS) is 1. The summed E-state index contributed by atoms with van der Waals surface area (Å²) in [5.41, 5.74) is 2.13. The zero-order valence-corrected chi connectivity index (χ0v) is 44.3. The number of carboxylic acids is 1. The third-order valence-corrected chi connectivity index (χ3v) is 12.2. The number of aliphatic hydroxyl groups excluding tert-OH is 1. The minimum Gasteiger partial charge on any atom is -0.481 e. The smallest absolute Gasteiger partial charge is 0.320 e. The predicted molar refractivity (Wildman–Crippen MR) is 296 cm³/mol. The normalized spacial score (nSPS) is 19.6. The number of rotatable bonds is 17. The third kappa shape index (κ3) is 35.2. The molecule has 0 radical (unpaired) electrons. The molecule has 0 aromatic heterocycles. The van der Waals surface area contributed by atoms with Crippen molar-refractivity contribution in [2.75, 3.05) is 28.4 Å². The Hall–Kier alpha value is -4.73. The molecule has 0 aromatic rings. The summed E-state index contributed by atoms with van der Waals surface area (Å²) < 4.78 is 17.7. The number of hydrogen-bond acceptors (Lipinski definition) is 15. The van der Waals surface area contributed by atoms with Crippen molar-refractivity contribution in [3.63, 3.8) is 0 Å². The largest absolute Gasteiger partial charge is 0.481 e. The van der Waals surface area contributed by atoms with Crippen LogP contribution in [0.15, 0.2) is 23.3 Å². The molecule has 73 heavy (non-hydrogen) atoms. The van der Waals surface area contributed by atoms with Crippen LogP contribution < -0.4 is 0 Å². The molecule has 0 saturated heterocycles. The second-order valence-electron chi connectivity index (χ2n) is 17.5. The average molecular weight is 1040 g/mol. The van der Waals surface area contributed by atoms with Crippen molar-refractivity contribution in [3.05, 3.63) is 30.7 Å². The summed E-state index contributed by atoms with van der Waals surface area (Å²) in [6.07, 6.45) is 24.2. The molecular weight excluding hydrogens is 938 g/mol. The minimum absolute atomic E-state index is 0. The Labute approximate surface area is 442 Å². The number of carbonyl (C=O) groups excluding carboxylic acids is 9. The first-order chi connectivity index (χ1) is 32.9. The van der Waals surface area contributed by atoms with Crippen LogP contribution in [0.3, 0.4) is 0 Å². The number of ketones is 4. The summed E-state index contributed by atoms with van der Waals surface area (Å²) in [5, 5.41) is 18.3. The van der Waals surface area contributed by atoms with Crippen molar-refractivity contribution >= 4 is 76.1 Å². The van der Waals surface area contributed by atoms with E-state index < -0.39 is 35.8 Å². The molecule has 0 bridgehead atoms. The molecular formula is C55H101B2O16-3. The van der Waals surface area contributed by atoms with Gasteiger partial charge in [-0.1, -0.05) is 96.7 Å². The van der Waals surface area contributed by atoms with Crippen LogP contribution in [-0.4, -0.2) is 121 Å². The first-order valence-electron chi connectivity index (χ1n) is 25.0. The van der Waals surface area contributed by atoms with Gasteiger partial charge >= 0.3 is 29.8 Å². The van der Waals surface area contributed by atoms with Gasteiger partial charge in [0.2, 0.25) is 0 Å². The van der Waals surface area contributed by atoms with Crippen LogP contribution in [0.5, 0.6) is 0 Å². The molecule has 5 rings (SSSR count). The highest BCUT2D eigenvalue weighted by Gasteiger charge is 2.46. The Kier molecular flexibility index (Phi) is 54.0. The molecule has 5 aliphatic carbocycles. The number of unbranched alkanes of at least 4 members (excludes halogenated alkanes) is 1. The lowest BCUT2D eigenvalue weighted by molar-refractivity contribution is -0.162. The van der Waals surface area contributed by atoms with Gasteiger partial charge in [-0.05, 0) is 106 Å². The topological polar surface area (TPSA) is 248 Å². The van der Waals surface area contributed by atoms with Gasteiger partial charge in [0.25, 0.3) is 0 Å². The zero-order chi connectivity index (χ0) is 52.7. The molecule has 3 fully saturated rings. The van der Waals surface area contributed by atoms with Crippen molar-refractivity contribution in [2.24, 2.45) is 29.6 Å². The Morgan fingerprint density at radius 2 is 1.12 bits per heavy atom. The fraction of sp³-hybridized carbons (Fsp3) is 0.727. The van der Waals surface area contributed by atoms with E-state index in [1.165, 1.54) is 28.4 Å². The zero-order valence-electron chi connectivity index (χ0n) is 44.3. The van der Waals surface area contributed by atoms with Crippen molar-refractivity contribution in [3.8, 4) is 0 Å². The number of esters is 4. The minimum atomic E-state index is -0.969. The maximum absolute atomic E-state index is 11.8. The van der Waals surface area contributed by atoms with Crippen LogP contribution in [0.2, 0.25) is 0 Å². The third-order valence-electron chi connectivity index (χ3n) is 12.2. The van der Waals surface area contributed by atoms with Gasteiger partial charge < -0.3 is 41.4 Å². The van der Waals surface area contributed by atoms with Crippen LogP contribution in [0.25, 0.3) is 0 Å². The van der Waals surface area contributed by atoms with Crippen LogP contribution in [0, 0.1) is 37.0 Å². The van der Waals surface area contributed by atoms with Gasteiger partial charge in [0.15, 0.2) is 17.5 Å². The van der Waals surface area contributed by atoms with Gasteiger partial charge in [0.1, 0.15) is 24.3 Å². The Morgan fingerprint density at radius 1 is 0.658 bits per heavy atom. The first kappa shape index (κ1) is 79.7. The molecule has 0 aliphatic heterocycles. The highest BCUT2D eigenvalue weighted by Crippen LogP contribution is 2.39. The number of aliphatic carboxylic acids is 1. The molecule has 3 saturated carbocycles. The van der Waals surface area contributed by atoms with Crippen LogP contribution in [0.4, 0.5) is 0 Å². The quantitative estimate of drug-likeness (QED) is 0.0366. The maximum atomic E-state index is 11.8. The Morgan fingerprint density at radius 3 is 1.42 bits per heavy atom. The molecule has 5 atom stereocenters. The molecule has 0 aromatic carbocycles. The number of aldehydes is 1. The average Bonchev–Trinajstić information content (AvgIpc) is 4.20. The van der Waals surface area contributed by atoms with Gasteiger partial charge in [0.05, 0.1) is 34.5 Å². The Balaban J connectivity index is -0.000000184. The van der Waals surface area contributed by atoms with E-state index in [2.05, 4.69) is 51.9 Å². The van der Waals surface area contributed by atoms with Crippen LogP contribution in [0.1, 0.15) is 196 Å². The molecule has 0 spiro atoms. The second kappa shape index (κ2) is 49.5. The summed E-state index contributed by atoms with van der Waals surface area (Å²) in [6, 6.07) is 0. The van der Waals surface area contributed by atoms with Crippen LogP contribution >= 0.6 is 0 Å². The first-order valence-corrected chi connectivity index (χ1v) is 25.0. The molecule has 2 N–H and O–H groups in total. The van der Waals surface area contributed by atoms with E-state index in [1.54, 1.807) is 0 Å². The number of Topliss-reactive ketones (excluding diaryl/α,β-unsaturated/α-hetero) is 4. The molecule has 5 aliphatic rings. The lowest BCUT2D eigenvalue weighted by atomic mass is 9.81. The Bertz CT molecular complexity index is 1580. The SMILES string of the molecule is C.CCCC1=CCCC1=O.CCCC1=CCCC1=O.CCCC1C(=O)CCC1C(C(=O)OC)C(=O)OC.CCCC1C(O)CCC1CC(=O)O.CCCC=O.COC(=O)CC(=O)OC.O=C1CCCC1.[BH4-].[BH4-].[CH3-]. The van der Waals surface area contributed by atoms with Crippen LogP contribution in [-0.2, 0) is 66.9 Å². The van der Waals surface area contributed by atoms with Gasteiger partial charge in [-0.2, -0.15) is 0 Å². The van der Waals surface area contributed by atoms with Crippen molar-refractivity contribution in [1.82, 2.24) is 0 Å². The summed E-state index contributed by atoms with van der Waals surface area (Å²) in [6.45, 7) is 10.2. The van der Waals surface area contributed by atoms with Crippen molar-refractivity contribution in [2.45, 2.75) is 202 Å². The fourth-order valence-electron chi connectivity index (χ4n) is 8.56. The molecule has 16 nitrogen and oxygen atoms in total. The van der Waals surface area contributed by atoms with Crippen molar-refractivity contribution < 1.29 is 77.1 Å². The van der Waals surface area contributed by atoms with E-state index in [1.807, 2.05) is 13.8 Å². The number of allylic oxidation sites excluding steroid dienone is 4. The number of aliphatic hydroxyl groups is 1. The summed E-state index contributed by atoms with van der Waals surface area (Å²) in [7, 11) is 4.91. The molecule has 0 amide bonds. The number of ether oxygens (including phenoxy) is 4. The number of carbonyl (C=O) groups is 10. The summed E-state index contributed by atoms with van der Waals surface area (Å²) >= 11 is 0. The highest BCUT2D eigenvalue weighted by atomic mass is 16.5. The number of methoxy groups -OCH3 is 4.